The van der Waals surface area contributed by atoms with Gasteiger partial charge >= 0.3 is 0 Å². The molecule has 2 heteroatoms. The molecular weight excluding hydrogens is 244 g/mol. The van der Waals surface area contributed by atoms with Crippen molar-refractivity contribution in [2.75, 3.05) is 20.1 Å². The fourth-order valence-electron chi connectivity index (χ4n) is 3.10. The lowest BCUT2D eigenvalue weighted by Crippen LogP contribution is -2.42. The topological polar surface area (TPSA) is 15.3 Å². The molecule has 1 atom stereocenters. The summed E-state index contributed by atoms with van der Waals surface area (Å²) in [5.41, 5.74) is 3.38. The van der Waals surface area contributed by atoms with Crippen LogP contribution in [0, 0.1) is 5.41 Å². The molecule has 112 valence electrons. The van der Waals surface area contributed by atoms with Gasteiger partial charge in [0.05, 0.1) is 0 Å². The van der Waals surface area contributed by atoms with Crippen molar-refractivity contribution in [3.8, 4) is 0 Å². The van der Waals surface area contributed by atoms with Gasteiger partial charge in [0.1, 0.15) is 0 Å². The van der Waals surface area contributed by atoms with Gasteiger partial charge in [-0.15, -0.1) is 0 Å². The summed E-state index contributed by atoms with van der Waals surface area (Å²) >= 11 is 0. The van der Waals surface area contributed by atoms with Crippen molar-refractivity contribution in [2.45, 2.75) is 52.6 Å². The molecule has 1 aliphatic rings. The van der Waals surface area contributed by atoms with Crippen LogP contribution in [0.1, 0.15) is 51.3 Å². The molecule has 1 aliphatic carbocycles. The molecule has 0 radical (unpaired) electrons. The Kier molecular flexibility index (Phi) is 4.87. The molecule has 2 nitrogen and oxygen atoms in total. The van der Waals surface area contributed by atoms with Gasteiger partial charge in [0.25, 0.3) is 0 Å². The van der Waals surface area contributed by atoms with Crippen LogP contribution < -0.4 is 5.32 Å². The number of nitrogens with zero attached hydrogens (tertiary/aromatic N) is 1. The maximum absolute atomic E-state index is 3.81. The first kappa shape index (κ1) is 15.5. The predicted octanol–water partition coefficient (Wildman–Crippen LogP) is 3.63. The van der Waals surface area contributed by atoms with E-state index in [2.05, 4.69) is 69.2 Å². The van der Waals surface area contributed by atoms with E-state index in [1.165, 1.54) is 24.0 Å². The Hall–Kier alpha value is -0.860. The van der Waals surface area contributed by atoms with E-state index in [0.717, 1.165) is 13.1 Å². The minimum absolute atomic E-state index is 0.338. The molecule has 1 aromatic rings. The van der Waals surface area contributed by atoms with Gasteiger partial charge in [-0.3, -0.25) is 0 Å². The van der Waals surface area contributed by atoms with E-state index in [4.69, 9.17) is 0 Å². The lowest BCUT2D eigenvalue weighted by molar-refractivity contribution is 0.196. The van der Waals surface area contributed by atoms with Crippen LogP contribution in [-0.4, -0.2) is 31.1 Å². The van der Waals surface area contributed by atoms with Crippen LogP contribution in [0.3, 0.4) is 0 Å². The Bertz CT molecular complexity index is 437. The van der Waals surface area contributed by atoms with Crippen molar-refractivity contribution in [1.29, 1.82) is 0 Å². The number of likely N-dealkylation sites (N-methyl/N-ethyl adjacent to an activating group) is 1. The minimum Gasteiger partial charge on any atom is -0.308 e. The summed E-state index contributed by atoms with van der Waals surface area (Å²) in [6.07, 6.45) is 2.48. The summed E-state index contributed by atoms with van der Waals surface area (Å²) in [6, 6.07) is 10.0. The fraction of sp³-hybridized carbons (Fsp3) is 0.667. The molecule has 0 bridgehead atoms. The molecule has 20 heavy (non-hydrogen) atoms. The van der Waals surface area contributed by atoms with Crippen molar-refractivity contribution < 1.29 is 0 Å². The molecule has 0 heterocycles. The highest BCUT2D eigenvalue weighted by Crippen LogP contribution is 2.43. The Morgan fingerprint density at radius 3 is 2.70 bits per heavy atom. The summed E-state index contributed by atoms with van der Waals surface area (Å²) in [7, 11) is 2.20. The highest BCUT2D eigenvalue weighted by atomic mass is 15.1. The zero-order chi connectivity index (χ0) is 14.8. The maximum atomic E-state index is 3.81. The summed E-state index contributed by atoms with van der Waals surface area (Å²) in [6.45, 7) is 11.4. The first-order valence-electron chi connectivity index (χ1n) is 7.93. The molecule has 0 aromatic heterocycles. The van der Waals surface area contributed by atoms with Crippen molar-refractivity contribution in [2.24, 2.45) is 5.41 Å². The predicted molar refractivity (Wildman–Crippen MR) is 87.1 cm³/mol. The van der Waals surface area contributed by atoms with E-state index in [1.54, 1.807) is 0 Å². The molecular formula is C18H30N2. The van der Waals surface area contributed by atoms with E-state index >= 15 is 0 Å². The lowest BCUT2D eigenvalue weighted by Gasteiger charge is -2.41. The van der Waals surface area contributed by atoms with E-state index in [0.29, 0.717) is 17.5 Å². The van der Waals surface area contributed by atoms with Gasteiger partial charge in [-0.05, 0) is 50.3 Å². The average Bonchev–Trinajstić information content (AvgIpc) is 2.40. The largest absolute Gasteiger partial charge is 0.308 e. The minimum atomic E-state index is 0.338. The number of hydrogen-bond donors (Lipinski definition) is 1. The van der Waals surface area contributed by atoms with Crippen molar-refractivity contribution in [1.82, 2.24) is 10.2 Å². The second-order valence-corrected chi connectivity index (χ2v) is 7.15. The first-order chi connectivity index (χ1) is 9.42. The number of nitrogens with one attached hydrogen (secondary N) is 1. The Morgan fingerprint density at radius 1 is 1.30 bits per heavy atom. The SMILES string of the molecule is CC(C)N(C)CCNC1c2ccccc2CCC1(C)C. The molecule has 0 fully saturated rings. The zero-order valence-corrected chi connectivity index (χ0v) is 13.7. The number of benzene rings is 1. The second-order valence-electron chi connectivity index (χ2n) is 7.15. The van der Waals surface area contributed by atoms with Crippen LogP contribution in [0.2, 0.25) is 0 Å². The number of aryl methyl sites for hydroxylation is 1. The van der Waals surface area contributed by atoms with Crippen molar-refractivity contribution in [3.05, 3.63) is 35.4 Å². The highest BCUT2D eigenvalue weighted by molar-refractivity contribution is 5.34. The fourth-order valence-corrected chi connectivity index (χ4v) is 3.10. The standard InChI is InChI=1S/C18H30N2/c1-14(2)20(5)13-12-19-17-16-9-7-6-8-15(16)10-11-18(17,3)4/h6-9,14,17,19H,10-13H2,1-5H3. The molecule has 0 aliphatic heterocycles. The zero-order valence-electron chi connectivity index (χ0n) is 13.7. The van der Waals surface area contributed by atoms with E-state index in [1.807, 2.05) is 0 Å². The number of fused-ring (bicyclic) bond motifs is 1. The number of rotatable bonds is 5. The van der Waals surface area contributed by atoms with Crippen molar-refractivity contribution >= 4 is 0 Å². The lowest BCUT2D eigenvalue weighted by atomic mass is 9.70. The van der Waals surface area contributed by atoms with Crippen LogP contribution in [0.5, 0.6) is 0 Å². The van der Waals surface area contributed by atoms with Gasteiger partial charge in [0, 0.05) is 25.2 Å². The third kappa shape index (κ3) is 3.42. The third-order valence-corrected chi connectivity index (χ3v) is 4.88. The van der Waals surface area contributed by atoms with Crippen LogP contribution >= 0.6 is 0 Å². The van der Waals surface area contributed by atoms with Gasteiger partial charge < -0.3 is 10.2 Å². The highest BCUT2D eigenvalue weighted by Gasteiger charge is 2.35. The Balaban J connectivity index is 2.05. The first-order valence-corrected chi connectivity index (χ1v) is 7.93. The molecule has 0 saturated heterocycles. The third-order valence-electron chi connectivity index (χ3n) is 4.88. The van der Waals surface area contributed by atoms with E-state index < -0.39 is 0 Å². The summed E-state index contributed by atoms with van der Waals surface area (Å²) in [5, 5.41) is 3.81. The monoisotopic (exact) mass is 274 g/mol. The van der Waals surface area contributed by atoms with Gasteiger partial charge in [-0.2, -0.15) is 0 Å². The molecule has 1 unspecified atom stereocenters. The summed E-state index contributed by atoms with van der Waals surface area (Å²) in [5.74, 6) is 0. The summed E-state index contributed by atoms with van der Waals surface area (Å²) < 4.78 is 0. The molecule has 1 aromatic carbocycles. The van der Waals surface area contributed by atoms with E-state index in [9.17, 15) is 0 Å². The normalized spacial score (nSPS) is 21.2. The quantitative estimate of drug-likeness (QED) is 0.882. The van der Waals surface area contributed by atoms with Crippen LogP contribution in [0.25, 0.3) is 0 Å². The van der Waals surface area contributed by atoms with Gasteiger partial charge in [0.15, 0.2) is 0 Å². The smallest absolute Gasteiger partial charge is 0.0375 e. The van der Waals surface area contributed by atoms with Gasteiger partial charge in [-0.25, -0.2) is 0 Å². The Morgan fingerprint density at radius 2 is 2.00 bits per heavy atom. The molecule has 2 rings (SSSR count). The molecule has 0 saturated carbocycles. The molecule has 0 amide bonds. The Labute approximate surface area is 124 Å². The molecule has 1 N–H and O–H groups in total. The van der Waals surface area contributed by atoms with Gasteiger partial charge in [-0.1, -0.05) is 38.1 Å². The average molecular weight is 274 g/mol. The maximum Gasteiger partial charge on any atom is 0.0375 e. The van der Waals surface area contributed by atoms with E-state index in [-0.39, 0.29) is 0 Å². The van der Waals surface area contributed by atoms with Crippen LogP contribution in [0.15, 0.2) is 24.3 Å². The molecule has 0 spiro atoms. The van der Waals surface area contributed by atoms with Crippen LogP contribution in [-0.2, 0) is 6.42 Å². The number of hydrogen-bond acceptors (Lipinski definition) is 2. The van der Waals surface area contributed by atoms with Crippen molar-refractivity contribution in [3.63, 3.8) is 0 Å². The van der Waals surface area contributed by atoms with Crippen LogP contribution in [0.4, 0.5) is 0 Å². The summed E-state index contributed by atoms with van der Waals surface area (Å²) in [4.78, 5) is 2.40. The second kappa shape index (κ2) is 6.28. The van der Waals surface area contributed by atoms with Gasteiger partial charge in [0.2, 0.25) is 0 Å².